The molecule has 1 amide bonds. The maximum absolute atomic E-state index is 12.8. The summed E-state index contributed by atoms with van der Waals surface area (Å²) < 4.78 is 44.7. The molecule has 0 radical (unpaired) electrons. The molecule has 0 aliphatic rings. The van der Waals surface area contributed by atoms with Crippen molar-refractivity contribution in [3.63, 3.8) is 0 Å². The number of aryl methyl sites for hydroxylation is 1. The van der Waals surface area contributed by atoms with Crippen molar-refractivity contribution in [1.29, 1.82) is 0 Å². The van der Waals surface area contributed by atoms with Crippen LogP contribution in [0.25, 0.3) is 10.9 Å². The fourth-order valence-electron chi connectivity index (χ4n) is 2.37. The lowest BCUT2D eigenvalue weighted by atomic mass is 10.1. The second kappa shape index (κ2) is 7.56. The molecule has 1 aromatic carbocycles. The average molecular weight is 358 g/mol. The van der Waals surface area contributed by atoms with E-state index in [4.69, 9.17) is 9.84 Å². The number of aromatic nitrogens is 1. The topological polar surface area (TPSA) is 80.6 Å². The molecule has 2 aromatic rings. The summed E-state index contributed by atoms with van der Waals surface area (Å²) in [6, 6.07) is 4.71. The number of benzene rings is 1. The highest BCUT2D eigenvalue weighted by atomic mass is 19.4. The summed E-state index contributed by atoms with van der Waals surface area (Å²) in [7, 11) is 1.60. The molecular weight excluding hydrogens is 341 g/mol. The number of amides is 1. The van der Waals surface area contributed by atoms with Crippen molar-refractivity contribution >= 4 is 22.8 Å². The molecule has 0 aliphatic carbocycles. The number of fused-ring (bicyclic) bond motifs is 1. The predicted molar refractivity (Wildman–Crippen MR) is 83.3 cm³/mol. The van der Waals surface area contributed by atoms with Gasteiger partial charge in [0, 0.05) is 31.1 Å². The number of carboxylic acids is 1. The first-order chi connectivity index (χ1) is 11.7. The van der Waals surface area contributed by atoms with Crippen molar-refractivity contribution in [3.05, 3.63) is 35.5 Å². The number of aliphatic carboxylic acids is 1. The molecule has 0 aliphatic heterocycles. The van der Waals surface area contributed by atoms with Crippen LogP contribution in [-0.2, 0) is 22.8 Å². The van der Waals surface area contributed by atoms with Gasteiger partial charge in [-0.05, 0) is 30.7 Å². The first kappa shape index (κ1) is 18.8. The van der Waals surface area contributed by atoms with Crippen molar-refractivity contribution in [2.45, 2.75) is 12.6 Å². The molecule has 2 N–H and O–H groups in total. The molecule has 0 saturated carbocycles. The molecule has 0 bridgehead atoms. The lowest BCUT2D eigenvalue weighted by Gasteiger charge is -2.07. The summed E-state index contributed by atoms with van der Waals surface area (Å²) in [5, 5.41) is 11.4. The number of nitrogens with zero attached hydrogens (tertiary/aromatic N) is 1. The van der Waals surface area contributed by atoms with E-state index < -0.39 is 30.2 Å². The number of carbonyl (C=O) groups excluding carboxylic acids is 1. The number of nitrogens with one attached hydrogen (secondary N) is 1. The van der Waals surface area contributed by atoms with E-state index in [0.29, 0.717) is 17.3 Å². The number of halogens is 3. The fourth-order valence-corrected chi connectivity index (χ4v) is 2.37. The van der Waals surface area contributed by atoms with Gasteiger partial charge in [0.25, 0.3) is 5.91 Å². The van der Waals surface area contributed by atoms with Crippen LogP contribution in [0.1, 0.15) is 22.5 Å². The second-order valence-electron chi connectivity index (χ2n) is 5.42. The summed E-state index contributed by atoms with van der Waals surface area (Å²) >= 11 is 0. The Labute approximate surface area is 141 Å². The van der Waals surface area contributed by atoms with Crippen LogP contribution in [0.4, 0.5) is 13.2 Å². The maximum Gasteiger partial charge on any atom is 0.416 e. The van der Waals surface area contributed by atoms with Crippen LogP contribution in [0.15, 0.2) is 24.3 Å². The summed E-state index contributed by atoms with van der Waals surface area (Å²) in [6.07, 6.45) is -4.02. The van der Waals surface area contributed by atoms with Crippen LogP contribution in [0.5, 0.6) is 0 Å². The van der Waals surface area contributed by atoms with Crippen molar-refractivity contribution < 1.29 is 32.6 Å². The van der Waals surface area contributed by atoms with Crippen molar-refractivity contribution in [1.82, 2.24) is 9.88 Å². The molecular formula is C16H17F3N2O4. The number of alkyl halides is 3. The normalized spacial score (nSPS) is 11.7. The van der Waals surface area contributed by atoms with Gasteiger partial charge in [0.05, 0.1) is 5.56 Å². The molecule has 0 unspecified atom stereocenters. The van der Waals surface area contributed by atoms with Crippen LogP contribution in [0.3, 0.4) is 0 Å². The average Bonchev–Trinajstić information content (AvgIpc) is 2.86. The number of carboxylic acid groups (broad SMARTS) is 1. The van der Waals surface area contributed by atoms with E-state index in [1.807, 2.05) is 0 Å². The van der Waals surface area contributed by atoms with Gasteiger partial charge in [0.1, 0.15) is 12.3 Å². The third-order valence-corrected chi connectivity index (χ3v) is 3.58. The lowest BCUT2D eigenvalue weighted by Crippen LogP contribution is -2.27. The molecule has 1 heterocycles. The van der Waals surface area contributed by atoms with Crippen molar-refractivity contribution in [2.24, 2.45) is 7.05 Å². The van der Waals surface area contributed by atoms with Crippen LogP contribution in [0.2, 0.25) is 0 Å². The van der Waals surface area contributed by atoms with Crippen molar-refractivity contribution in [3.8, 4) is 0 Å². The van der Waals surface area contributed by atoms with E-state index in [9.17, 15) is 22.8 Å². The zero-order valence-electron chi connectivity index (χ0n) is 13.4. The van der Waals surface area contributed by atoms with Crippen LogP contribution >= 0.6 is 0 Å². The summed E-state index contributed by atoms with van der Waals surface area (Å²) in [5.74, 6) is -1.50. The Balaban J connectivity index is 2.01. The summed E-state index contributed by atoms with van der Waals surface area (Å²) in [5.41, 5.74) is -0.0168. The summed E-state index contributed by atoms with van der Waals surface area (Å²) in [6.45, 7) is 0.0309. The van der Waals surface area contributed by atoms with Crippen LogP contribution in [0, 0.1) is 0 Å². The molecule has 0 spiro atoms. The van der Waals surface area contributed by atoms with Crippen LogP contribution in [-0.4, -0.2) is 41.3 Å². The van der Waals surface area contributed by atoms with E-state index in [1.54, 1.807) is 7.05 Å². The van der Waals surface area contributed by atoms with Gasteiger partial charge in [-0.2, -0.15) is 13.2 Å². The zero-order valence-corrected chi connectivity index (χ0v) is 13.4. The van der Waals surface area contributed by atoms with Crippen molar-refractivity contribution in [2.75, 3.05) is 19.8 Å². The second-order valence-corrected chi connectivity index (χ2v) is 5.42. The first-order valence-electron chi connectivity index (χ1n) is 7.44. The largest absolute Gasteiger partial charge is 0.480 e. The fraction of sp³-hybridized carbons (Fsp3) is 0.375. The molecule has 0 fully saturated rings. The summed E-state index contributed by atoms with van der Waals surface area (Å²) in [4.78, 5) is 22.4. The molecule has 136 valence electrons. The number of hydrogen-bond donors (Lipinski definition) is 2. The quantitative estimate of drug-likeness (QED) is 0.745. The molecule has 2 rings (SSSR count). The Bertz CT molecular complexity index is 784. The maximum atomic E-state index is 12.8. The minimum Gasteiger partial charge on any atom is -0.480 e. The highest BCUT2D eigenvalue weighted by Crippen LogP contribution is 2.32. The Kier molecular flexibility index (Phi) is 5.68. The van der Waals surface area contributed by atoms with Gasteiger partial charge in [-0.25, -0.2) is 4.79 Å². The smallest absolute Gasteiger partial charge is 0.416 e. The van der Waals surface area contributed by atoms with Gasteiger partial charge in [-0.1, -0.05) is 0 Å². The van der Waals surface area contributed by atoms with Gasteiger partial charge in [-0.3, -0.25) is 4.79 Å². The SMILES string of the molecule is Cn1c(C(=O)NCCCOCC(=O)O)cc2cc(C(F)(F)F)ccc21. The van der Waals surface area contributed by atoms with Gasteiger partial charge < -0.3 is 19.7 Å². The molecule has 0 saturated heterocycles. The van der Waals surface area contributed by atoms with Gasteiger partial charge in [0.15, 0.2) is 0 Å². The number of carbonyl (C=O) groups is 2. The van der Waals surface area contributed by atoms with Gasteiger partial charge >= 0.3 is 12.1 Å². The number of ether oxygens (including phenoxy) is 1. The zero-order chi connectivity index (χ0) is 18.6. The lowest BCUT2D eigenvalue weighted by molar-refractivity contribution is -0.142. The molecule has 25 heavy (non-hydrogen) atoms. The predicted octanol–water partition coefficient (Wildman–Crippen LogP) is 2.42. The van der Waals surface area contributed by atoms with E-state index in [0.717, 1.165) is 12.1 Å². The Morgan fingerprint density at radius 1 is 1.28 bits per heavy atom. The third-order valence-electron chi connectivity index (χ3n) is 3.58. The highest BCUT2D eigenvalue weighted by molar-refractivity contribution is 5.98. The first-order valence-corrected chi connectivity index (χ1v) is 7.44. The number of hydrogen-bond acceptors (Lipinski definition) is 3. The monoisotopic (exact) mass is 358 g/mol. The van der Waals surface area contributed by atoms with E-state index >= 15 is 0 Å². The molecule has 6 nitrogen and oxygen atoms in total. The van der Waals surface area contributed by atoms with Crippen LogP contribution < -0.4 is 5.32 Å². The van der Waals surface area contributed by atoms with E-state index in [1.165, 1.54) is 16.7 Å². The minimum absolute atomic E-state index is 0.177. The minimum atomic E-state index is -4.44. The Hall–Kier alpha value is -2.55. The molecule has 9 heteroatoms. The molecule has 1 aromatic heterocycles. The molecule has 0 atom stereocenters. The standard InChI is InChI=1S/C16H17F3N2O4/c1-21-12-4-3-11(16(17,18)19)7-10(12)8-13(21)15(24)20-5-2-6-25-9-14(22)23/h3-4,7-8H,2,5-6,9H2,1H3,(H,20,24)(H,22,23). The van der Waals surface area contributed by atoms with Gasteiger partial charge in [-0.15, -0.1) is 0 Å². The highest BCUT2D eigenvalue weighted by Gasteiger charge is 2.30. The van der Waals surface area contributed by atoms with Gasteiger partial charge in [0.2, 0.25) is 0 Å². The third kappa shape index (κ3) is 4.72. The van der Waals surface area contributed by atoms with E-state index in [2.05, 4.69) is 5.32 Å². The number of rotatable bonds is 7. The Morgan fingerprint density at radius 2 is 2.00 bits per heavy atom. The van der Waals surface area contributed by atoms with E-state index in [-0.39, 0.29) is 18.8 Å². The Morgan fingerprint density at radius 3 is 2.64 bits per heavy atom.